The molecule has 1 aromatic heterocycles. The summed E-state index contributed by atoms with van der Waals surface area (Å²) < 4.78 is 0. The Hall–Kier alpha value is -1.36. The molecule has 0 atom stereocenters. The Balaban J connectivity index is 2.48. The van der Waals surface area contributed by atoms with Crippen molar-refractivity contribution >= 4 is 11.8 Å². The molecule has 0 bridgehead atoms. The van der Waals surface area contributed by atoms with Crippen LogP contribution in [-0.2, 0) is 0 Å². The lowest BCUT2D eigenvalue weighted by Crippen LogP contribution is -2.17. The molecule has 0 radical (unpaired) electrons. The fraction of sp³-hybridized carbons (Fsp3) is 0.667. The van der Waals surface area contributed by atoms with E-state index in [1.807, 2.05) is 20.0 Å². The lowest BCUT2D eigenvalue weighted by atomic mass is 10.3. The van der Waals surface area contributed by atoms with Gasteiger partial charge in [0.05, 0.1) is 0 Å². The molecular weight excluding hydrogens is 214 g/mol. The topological polar surface area (TPSA) is 53.1 Å². The molecule has 0 saturated heterocycles. The van der Waals surface area contributed by atoms with Crippen molar-refractivity contribution in [1.82, 2.24) is 14.9 Å². The van der Waals surface area contributed by atoms with E-state index in [-0.39, 0.29) is 0 Å². The fourth-order valence-corrected chi connectivity index (χ4v) is 1.47. The molecule has 0 aromatic carbocycles. The van der Waals surface area contributed by atoms with Gasteiger partial charge in [-0.2, -0.15) is 4.98 Å². The molecule has 1 rings (SSSR count). The molecule has 0 spiro atoms. The van der Waals surface area contributed by atoms with Gasteiger partial charge in [0.25, 0.3) is 0 Å². The molecule has 0 saturated carbocycles. The van der Waals surface area contributed by atoms with E-state index in [2.05, 4.69) is 39.6 Å². The Kier molecular flexibility index (Phi) is 5.69. The second kappa shape index (κ2) is 7.06. The van der Waals surface area contributed by atoms with Crippen LogP contribution in [0.5, 0.6) is 0 Å². The van der Waals surface area contributed by atoms with Gasteiger partial charge in [-0.3, -0.25) is 0 Å². The van der Waals surface area contributed by atoms with E-state index in [9.17, 15) is 0 Å². The Labute approximate surface area is 104 Å². The summed E-state index contributed by atoms with van der Waals surface area (Å²) in [6.07, 6.45) is 2.95. The van der Waals surface area contributed by atoms with Crippen LogP contribution in [0.25, 0.3) is 0 Å². The van der Waals surface area contributed by atoms with Gasteiger partial charge < -0.3 is 15.5 Å². The predicted octanol–water partition coefficient (Wildman–Crippen LogP) is 1.58. The highest BCUT2D eigenvalue weighted by Crippen LogP contribution is 2.12. The van der Waals surface area contributed by atoms with E-state index >= 15 is 0 Å². The normalized spacial score (nSPS) is 10.6. The van der Waals surface area contributed by atoms with Crippen molar-refractivity contribution in [3.8, 4) is 0 Å². The first-order valence-electron chi connectivity index (χ1n) is 6.09. The summed E-state index contributed by atoms with van der Waals surface area (Å²) in [5.74, 6) is 1.61. The van der Waals surface area contributed by atoms with Crippen molar-refractivity contribution in [3.63, 3.8) is 0 Å². The third-order valence-corrected chi connectivity index (χ3v) is 2.38. The maximum Gasteiger partial charge on any atom is 0.224 e. The molecule has 0 amide bonds. The van der Waals surface area contributed by atoms with Gasteiger partial charge in [-0.05, 0) is 40.9 Å². The van der Waals surface area contributed by atoms with Gasteiger partial charge in [-0.1, -0.05) is 0 Å². The van der Waals surface area contributed by atoms with Crippen LogP contribution in [0.1, 0.15) is 18.9 Å². The van der Waals surface area contributed by atoms with Crippen LogP contribution in [0.15, 0.2) is 6.20 Å². The van der Waals surface area contributed by atoms with Gasteiger partial charge in [0, 0.05) is 24.8 Å². The number of anilines is 2. The van der Waals surface area contributed by atoms with Gasteiger partial charge in [0.1, 0.15) is 5.82 Å². The van der Waals surface area contributed by atoms with E-state index in [4.69, 9.17) is 0 Å². The largest absolute Gasteiger partial charge is 0.370 e. The molecule has 5 heteroatoms. The van der Waals surface area contributed by atoms with E-state index in [0.29, 0.717) is 5.95 Å². The number of hydrogen-bond acceptors (Lipinski definition) is 5. The zero-order chi connectivity index (χ0) is 12.7. The van der Waals surface area contributed by atoms with Crippen LogP contribution < -0.4 is 10.6 Å². The molecule has 1 heterocycles. The first kappa shape index (κ1) is 13.7. The van der Waals surface area contributed by atoms with Crippen molar-refractivity contribution < 1.29 is 0 Å². The summed E-state index contributed by atoms with van der Waals surface area (Å²) in [7, 11) is 4.17. The van der Waals surface area contributed by atoms with Gasteiger partial charge >= 0.3 is 0 Å². The average Bonchev–Trinajstić information content (AvgIpc) is 2.28. The fourth-order valence-electron chi connectivity index (χ4n) is 1.47. The number of nitrogens with one attached hydrogen (secondary N) is 2. The Morgan fingerprint density at radius 3 is 2.71 bits per heavy atom. The van der Waals surface area contributed by atoms with Gasteiger partial charge in [0.2, 0.25) is 5.95 Å². The lowest BCUT2D eigenvalue weighted by Gasteiger charge is -2.12. The maximum absolute atomic E-state index is 4.43. The van der Waals surface area contributed by atoms with Crippen molar-refractivity contribution in [2.75, 3.05) is 44.4 Å². The molecule has 2 N–H and O–H groups in total. The number of aryl methyl sites for hydroxylation is 1. The zero-order valence-electron chi connectivity index (χ0n) is 11.2. The second-order valence-corrected chi connectivity index (χ2v) is 4.34. The van der Waals surface area contributed by atoms with Crippen molar-refractivity contribution in [2.45, 2.75) is 20.3 Å². The monoisotopic (exact) mass is 237 g/mol. The van der Waals surface area contributed by atoms with E-state index in [1.165, 1.54) is 0 Å². The van der Waals surface area contributed by atoms with Crippen LogP contribution in [-0.4, -0.2) is 48.6 Å². The van der Waals surface area contributed by atoms with Crippen molar-refractivity contribution in [2.24, 2.45) is 0 Å². The van der Waals surface area contributed by atoms with Gasteiger partial charge in [-0.15, -0.1) is 0 Å². The minimum absolute atomic E-state index is 0.688. The van der Waals surface area contributed by atoms with Crippen LogP contribution in [0, 0.1) is 6.92 Å². The molecule has 96 valence electrons. The van der Waals surface area contributed by atoms with Crippen molar-refractivity contribution in [3.05, 3.63) is 11.8 Å². The molecule has 0 fully saturated rings. The van der Waals surface area contributed by atoms with E-state index in [1.54, 1.807) is 0 Å². The second-order valence-electron chi connectivity index (χ2n) is 4.34. The molecule has 1 aromatic rings. The molecule has 0 aliphatic heterocycles. The minimum atomic E-state index is 0.688. The summed E-state index contributed by atoms with van der Waals surface area (Å²) in [5, 5.41) is 6.46. The van der Waals surface area contributed by atoms with Crippen LogP contribution in [0.3, 0.4) is 0 Å². The number of nitrogens with zero attached hydrogens (tertiary/aromatic N) is 3. The third kappa shape index (κ3) is 4.99. The molecule has 5 nitrogen and oxygen atoms in total. The number of aromatic nitrogens is 2. The van der Waals surface area contributed by atoms with Crippen LogP contribution in [0.2, 0.25) is 0 Å². The summed E-state index contributed by atoms with van der Waals surface area (Å²) >= 11 is 0. The number of rotatable bonds is 7. The highest BCUT2D eigenvalue weighted by atomic mass is 15.1. The Morgan fingerprint density at radius 2 is 2.06 bits per heavy atom. The van der Waals surface area contributed by atoms with Crippen LogP contribution in [0.4, 0.5) is 11.8 Å². The zero-order valence-corrected chi connectivity index (χ0v) is 11.2. The van der Waals surface area contributed by atoms with E-state index < -0.39 is 0 Å². The maximum atomic E-state index is 4.43. The summed E-state index contributed by atoms with van der Waals surface area (Å²) in [5.41, 5.74) is 1.08. The molecular formula is C12H23N5. The first-order valence-corrected chi connectivity index (χ1v) is 6.09. The quantitative estimate of drug-likeness (QED) is 0.705. The van der Waals surface area contributed by atoms with Gasteiger partial charge in [-0.25, -0.2) is 4.98 Å². The molecule has 0 aliphatic rings. The SMILES string of the molecule is CCNc1ncc(C)c(NCCCN(C)C)n1. The molecule has 0 aliphatic carbocycles. The lowest BCUT2D eigenvalue weighted by molar-refractivity contribution is 0.405. The average molecular weight is 237 g/mol. The van der Waals surface area contributed by atoms with E-state index in [0.717, 1.165) is 37.4 Å². The Bertz CT molecular complexity index is 338. The molecule has 17 heavy (non-hydrogen) atoms. The highest BCUT2D eigenvalue weighted by molar-refractivity contribution is 5.46. The summed E-state index contributed by atoms with van der Waals surface area (Å²) in [4.78, 5) is 10.8. The molecule has 0 unspecified atom stereocenters. The predicted molar refractivity (Wildman–Crippen MR) is 72.6 cm³/mol. The first-order chi connectivity index (χ1) is 8.13. The number of hydrogen-bond donors (Lipinski definition) is 2. The third-order valence-electron chi connectivity index (χ3n) is 2.38. The van der Waals surface area contributed by atoms with Crippen molar-refractivity contribution in [1.29, 1.82) is 0 Å². The standard InChI is InChI=1S/C12H23N5/c1-5-13-12-15-9-10(2)11(16-12)14-7-6-8-17(3)4/h9H,5-8H2,1-4H3,(H2,13,14,15,16). The highest BCUT2D eigenvalue weighted by Gasteiger charge is 2.02. The van der Waals surface area contributed by atoms with Crippen LogP contribution >= 0.6 is 0 Å². The summed E-state index contributed by atoms with van der Waals surface area (Å²) in [6, 6.07) is 0. The smallest absolute Gasteiger partial charge is 0.224 e. The Morgan fingerprint density at radius 1 is 1.29 bits per heavy atom. The van der Waals surface area contributed by atoms with Gasteiger partial charge in [0.15, 0.2) is 0 Å². The summed E-state index contributed by atoms with van der Waals surface area (Å²) in [6.45, 7) is 6.90. The minimum Gasteiger partial charge on any atom is -0.370 e.